The Morgan fingerprint density at radius 1 is 1.19 bits per heavy atom. The van der Waals surface area contributed by atoms with E-state index in [0.717, 1.165) is 17.6 Å². The number of ether oxygens (including phenoxy) is 1. The fourth-order valence-corrected chi connectivity index (χ4v) is 1.66. The van der Waals surface area contributed by atoms with Crippen LogP contribution in [-0.4, -0.2) is 33.2 Å². The normalized spacial score (nSPS) is 11.2. The molecule has 1 rings (SSSR count). The minimum Gasteiger partial charge on any atom is -0.465 e. The van der Waals surface area contributed by atoms with E-state index in [-0.39, 0.29) is 5.97 Å². The topological polar surface area (TPSA) is 26.3 Å². The number of nitrogens with zero attached hydrogens (tertiary/aromatic N) is 1. The van der Waals surface area contributed by atoms with E-state index in [1.165, 1.54) is 12.8 Å². The van der Waals surface area contributed by atoms with Crippen molar-refractivity contribution in [3.05, 3.63) is 29.8 Å². The third-order valence-electron chi connectivity index (χ3n) is 3.31. The van der Waals surface area contributed by atoms with Crippen LogP contribution in [0.5, 0.6) is 0 Å². The Morgan fingerprint density at radius 3 is 2.06 bits per heavy atom. The van der Waals surface area contributed by atoms with E-state index in [9.17, 15) is 4.79 Å². The Kier molecular flexibility index (Phi) is 4.07. The van der Waals surface area contributed by atoms with Crippen molar-refractivity contribution in [1.82, 2.24) is 4.48 Å². The number of quaternary nitrogens is 1. The minimum atomic E-state index is -0.284. The molecule has 0 radical (unpaired) electrons. The zero-order valence-corrected chi connectivity index (χ0v) is 10.5. The van der Waals surface area contributed by atoms with Crippen LogP contribution in [0.1, 0.15) is 24.2 Å². The lowest BCUT2D eigenvalue weighted by atomic mass is 10.1. The van der Waals surface area contributed by atoms with Crippen LogP contribution in [0.3, 0.4) is 0 Å². The van der Waals surface area contributed by atoms with Gasteiger partial charge in [-0.15, -0.1) is 0 Å². The Hall–Kier alpha value is -1.35. The van der Waals surface area contributed by atoms with Crippen LogP contribution in [0.2, 0.25) is 0 Å². The van der Waals surface area contributed by atoms with Gasteiger partial charge in [-0.3, -0.25) is 4.48 Å². The van der Waals surface area contributed by atoms with E-state index >= 15 is 0 Å². The van der Waals surface area contributed by atoms with Crippen molar-refractivity contribution in [1.29, 1.82) is 0 Å². The number of carbonyl (C=O) groups excluding carboxylic acids is 1. The molecule has 0 bridgehead atoms. The van der Waals surface area contributed by atoms with Crippen LogP contribution >= 0.6 is 0 Å². The highest BCUT2D eigenvalue weighted by atomic mass is 16.5. The monoisotopic (exact) mass is 222 g/mol. The SMILES string of the molecule is CC[N+](C)(CC)c1ccc(C(=O)OC)cc1. The Bertz CT molecular complexity index is 353. The second-order valence-corrected chi connectivity index (χ2v) is 4.07. The van der Waals surface area contributed by atoms with Gasteiger partial charge in [-0.2, -0.15) is 0 Å². The zero-order valence-electron chi connectivity index (χ0n) is 10.5. The first-order valence-electron chi connectivity index (χ1n) is 5.61. The van der Waals surface area contributed by atoms with Crippen molar-refractivity contribution < 1.29 is 9.53 Å². The largest absolute Gasteiger partial charge is 0.465 e. The molecular formula is C13H20NO2+. The molecular weight excluding hydrogens is 202 g/mol. The number of esters is 1. The molecule has 0 heterocycles. The van der Waals surface area contributed by atoms with Gasteiger partial charge in [0.1, 0.15) is 5.69 Å². The van der Waals surface area contributed by atoms with Crippen molar-refractivity contribution in [2.45, 2.75) is 13.8 Å². The molecule has 3 nitrogen and oxygen atoms in total. The molecule has 0 atom stereocenters. The maximum atomic E-state index is 11.3. The summed E-state index contributed by atoms with van der Waals surface area (Å²) in [6.07, 6.45) is 0. The van der Waals surface area contributed by atoms with E-state index in [1.54, 1.807) is 0 Å². The summed E-state index contributed by atoms with van der Waals surface area (Å²) in [6.45, 7) is 6.40. The van der Waals surface area contributed by atoms with Crippen molar-refractivity contribution in [3.8, 4) is 0 Å². The molecule has 3 heteroatoms. The quantitative estimate of drug-likeness (QED) is 0.578. The lowest BCUT2D eigenvalue weighted by Gasteiger charge is -2.31. The van der Waals surface area contributed by atoms with E-state index in [4.69, 9.17) is 0 Å². The molecule has 0 N–H and O–H groups in total. The van der Waals surface area contributed by atoms with Crippen molar-refractivity contribution in [3.63, 3.8) is 0 Å². The standard InChI is InChI=1S/C13H20NO2/c1-5-14(3,6-2)12-9-7-11(8-10-12)13(15)16-4/h7-10H,5-6H2,1-4H3/q+1. The maximum absolute atomic E-state index is 11.3. The zero-order chi connectivity index (χ0) is 12.2. The van der Waals surface area contributed by atoms with Gasteiger partial charge in [0.2, 0.25) is 0 Å². The molecule has 0 saturated heterocycles. The Balaban J connectivity index is 2.98. The molecule has 0 amide bonds. The summed E-state index contributed by atoms with van der Waals surface area (Å²) in [5, 5.41) is 0. The van der Waals surface area contributed by atoms with Crippen LogP contribution in [0, 0.1) is 0 Å². The van der Waals surface area contributed by atoms with Crippen LogP contribution in [0.4, 0.5) is 5.69 Å². The third kappa shape index (κ3) is 2.42. The molecule has 1 aromatic rings. The summed E-state index contributed by atoms with van der Waals surface area (Å²) in [4.78, 5) is 11.3. The van der Waals surface area contributed by atoms with E-state index < -0.39 is 0 Å². The van der Waals surface area contributed by atoms with Gasteiger partial charge in [0.25, 0.3) is 0 Å². The molecule has 0 aliphatic carbocycles. The van der Waals surface area contributed by atoms with Crippen molar-refractivity contribution in [2.24, 2.45) is 0 Å². The van der Waals surface area contributed by atoms with E-state index in [2.05, 4.69) is 25.6 Å². The summed E-state index contributed by atoms with van der Waals surface area (Å²) < 4.78 is 5.55. The molecule has 0 fully saturated rings. The van der Waals surface area contributed by atoms with Gasteiger partial charge in [0.15, 0.2) is 0 Å². The van der Waals surface area contributed by atoms with Gasteiger partial charge in [-0.05, 0) is 38.1 Å². The first-order chi connectivity index (χ1) is 7.57. The molecule has 0 saturated carbocycles. The van der Waals surface area contributed by atoms with E-state index in [1.807, 2.05) is 24.3 Å². The first kappa shape index (κ1) is 12.7. The van der Waals surface area contributed by atoms with Gasteiger partial charge >= 0.3 is 5.97 Å². The summed E-state index contributed by atoms with van der Waals surface area (Å²) in [7, 11) is 3.58. The fourth-order valence-electron chi connectivity index (χ4n) is 1.66. The molecule has 0 aromatic heterocycles. The lowest BCUT2D eigenvalue weighted by molar-refractivity contribution is 0.0600. The van der Waals surface area contributed by atoms with Gasteiger partial charge in [-0.25, -0.2) is 4.79 Å². The van der Waals surface area contributed by atoms with Crippen LogP contribution in [0.25, 0.3) is 0 Å². The van der Waals surface area contributed by atoms with Crippen LogP contribution in [-0.2, 0) is 4.74 Å². The minimum absolute atomic E-state index is 0.284. The second-order valence-electron chi connectivity index (χ2n) is 4.07. The van der Waals surface area contributed by atoms with Gasteiger partial charge < -0.3 is 4.74 Å². The molecule has 0 aliphatic heterocycles. The molecule has 88 valence electrons. The summed E-state index contributed by atoms with van der Waals surface area (Å²) >= 11 is 0. The van der Waals surface area contributed by atoms with Crippen LogP contribution < -0.4 is 4.48 Å². The highest BCUT2D eigenvalue weighted by Gasteiger charge is 2.20. The third-order valence-corrected chi connectivity index (χ3v) is 3.31. The summed E-state index contributed by atoms with van der Waals surface area (Å²) in [6, 6.07) is 7.64. The Morgan fingerprint density at radius 2 is 1.69 bits per heavy atom. The average molecular weight is 222 g/mol. The second kappa shape index (κ2) is 5.12. The van der Waals surface area contributed by atoms with Crippen LogP contribution in [0.15, 0.2) is 24.3 Å². The summed E-state index contributed by atoms with van der Waals surface area (Å²) in [5.74, 6) is -0.284. The highest BCUT2D eigenvalue weighted by molar-refractivity contribution is 5.89. The lowest BCUT2D eigenvalue weighted by Crippen LogP contribution is -2.44. The maximum Gasteiger partial charge on any atom is 0.337 e. The predicted octanol–water partition coefficient (Wildman–Crippen LogP) is 2.45. The number of hydrogen-bond acceptors (Lipinski definition) is 2. The number of rotatable bonds is 4. The Labute approximate surface area is 97.2 Å². The summed E-state index contributed by atoms with van der Waals surface area (Å²) in [5.41, 5.74) is 1.82. The number of carbonyl (C=O) groups is 1. The molecule has 1 aromatic carbocycles. The molecule has 16 heavy (non-hydrogen) atoms. The van der Waals surface area contributed by atoms with Gasteiger partial charge in [0.05, 0.1) is 32.8 Å². The van der Waals surface area contributed by atoms with Gasteiger partial charge in [0, 0.05) is 0 Å². The first-order valence-corrected chi connectivity index (χ1v) is 5.61. The van der Waals surface area contributed by atoms with E-state index in [0.29, 0.717) is 5.56 Å². The average Bonchev–Trinajstić information content (AvgIpc) is 2.37. The molecule has 0 unspecified atom stereocenters. The predicted molar refractivity (Wildman–Crippen MR) is 66.6 cm³/mol. The molecule has 0 aliphatic rings. The highest BCUT2D eigenvalue weighted by Crippen LogP contribution is 2.21. The molecule has 0 spiro atoms. The number of benzene rings is 1. The van der Waals surface area contributed by atoms with Crippen molar-refractivity contribution >= 4 is 11.7 Å². The van der Waals surface area contributed by atoms with Crippen molar-refractivity contribution in [2.75, 3.05) is 27.2 Å². The number of hydrogen-bond donors (Lipinski definition) is 0. The number of methoxy groups -OCH3 is 1. The smallest absolute Gasteiger partial charge is 0.337 e. The van der Waals surface area contributed by atoms with Gasteiger partial charge in [-0.1, -0.05) is 0 Å². The fraction of sp³-hybridized carbons (Fsp3) is 0.462.